The molecule has 4 nitrogen and oxygen atoms in total. The number of benzene rings is 2. The molecule has 0 aromatic heterocycles. The average Bonchev–Trinajstić information content (AvgIpc) is 3.17. The van der Waals surface area contributed by atoms with Crippen molar-refractivity contribution in [2.45, 2.75) is 65.1 Å². The second kappa shape index (κ2) is 9.82. The minimum atomic E-state index is -0.0476. The number of hydrogen-bond acceptors (Lipinski definition) is 4. The fourth-order valence-electron chi connectivity index (χ4n) is 3.74. The zero-order chi connectivity index (χ0) is 20.8. The summed E-state index contributed by atoms with van der Waals surface area (Å²) in [5, 5.41) is 0. The Morgan fingerprint density at radius 1 is 1.03 bits per heavy atom. The predicted molar refractivity (Wildman–Crippen MR) is 118 cm³/mol. The van der Waals surface area contributed by atoms with E-state index in [0.29, 0.717) is 12.2 Å². The Morgan fingerprint density at radius 2 is 1.69 bits per heavy atom. The van der Waals surface area contributed by atoms with E-state index in [9.17, 15) is 4.79 Å². The van der Waals surface area contributed by atoms with Crippen LogP contribution in [-0.4, -0.2) is 31.1 Å². The van der Waals surface area contributed by atoms with E-state index in [1.807, 2.05) is 64.1 Å². The molecule has 3 rings (SSSR count). The molecule has 0 aliphatic carbocycles. The number of carbonyl (C=O) groups excluding carboxylic acids is 1. The summed E-state index contributed by atoms with van der Waals surface area (Å²) in [5.41, 5.74) is 2.26. The second-order valence-electron chi connectivity index (χ2n) is 8.14. The Bertz CT molecular complexity index is 783. The number of hydrogen-bond donors (Lipinski definition) is 0. The highest BCUT2D eigenvalue weighted by molar-refractivity contribution is 5.85. The number of ketones is 1. The van der Waals surface area contributed by atoms with E-state index in [1.165, 1.54) is 5.69 Å². The Morgan fingerprint density at radius 3 is 2.31 bits per heavy atom. The molecule has 0 saturated carbocycles. The second-order valence-corrected chi connectivity index (χ2v) is 8.14. The van der Waals surface area contributed by atoms with Crippen molar-refractivity contribution in [2.24, 2.45) is 0 Å². The van der Waals surface area contributed by atoms with Gasteiger partial charge in [0.15, 0.2) is 0 Å². The van der Waals surface area contributed by atoms with Gasteiger partial charge in [0.1, 0.15) is 23.4 Å². The summed E-state index contributed by atoms with van der Waals surface area (Å²) in [6, 6.07) is 16.3. The van der Waals surface area contributed by atoms with E-state index in [2.05, 4.69) is 17.0 Å². The first kappa shape index (κ1) is 21.2. The molecule has 2 aromatic rings. The monoisotopic (exact) mass is 395 g/mol. The van der Waals surface area contributed by atoms with Crippen LogP contribution in [0.4, 0.5) is 5.69 Å². The molecule has 1 heterocycles. The molecule has 29 heavy (non-hydrogen) atoms. The maximum atomic E-state index is 12.1. The lowest BCUT2D eigenvalue weighted by molar-refractivity contribution is -0.120. The summed E-state index contributed by atoms with van der Waals surface area (Å²) in [5.74, 6) is 2.03. The van der Waals surface area contributed by atoms with Gasteiger partial charge in [-0.3, -0.25) is 4.79 Å². The van der Waals surface area contributed by atoms with Crippen LogP contribution >= 0.6 is 0 Å². The summed E-state index contributed by atoms with van der Waals surface area (Å²) < 4.78 is 11.9. The summed E-state index contributed by atoms with van der Waals surface area (Å²) in [6.45, 7) is 9.95. The van der Waals surface area contributed by atoms with E-state index < -0.39 is 0 Å². The smallest absolute Gasteiger partial charge is 0.140 e. The van der Waals surface area contributed by atoms with Gasteiger partial charge in [-0.1, -0.05) is 26.0 Å². The molecule has 1 fully saturated rings. The van der Waals surface area contributed by atoms with Crippen molar-refractivity contribution in [1.29, 1.82) is 0 Å². The molecule has 1 aliphatic heterocycles. The van der Waals surface area contributed by atoms with Crippen LogP contribution in [0.15, 0.2) is 48.5 Å². The lowest BCUT2D eigenvalue weighted by Crippen LogP contribution is -2.24. The van der Waals surface area contributed by atoms with Gasteiger partial charge in [-0.2, -0.15) is 0 Å². The van der Waals surface area contributed by atoms with Crippen molar-refractivity contribution in [3.05, 3.63) is 54.1 Å². The van der Waals surface area contributed by atoms with Gasteiger partial charge in [-0.25, -0.2) is 0 Å². The summed E-state index contributed by atoms with van der Waals surface area (Å²) in [4.78, 5) is 14.5. The highest BCUT2D eigenvalue weighted by Crippen LogP contribution is 2.27. The van der Waals surface area contributed by atoms with E-state index in [-0.39, 0.29) is 18.1 Å². The molecule has 2 atom stereocenters. The van der Waals surface area contributed by atoms with Crippen molar-refractivity contribution < 1.29 is 14.3 Å². The maximum Gasteiger partial charge on any atom is 0.140 e. The largest absolute Gasteiger partial charge is 0.491 e. The fourth-order valence-corrected chi connectivity index (χ4v) is 3.74. The summed E-state index contributed by atoms with van der Waals surface area (Å²) >= 11 is 0. The maximum absolute atomic E-state index is 12.1. The van der Waals surface area contributed by atoms with E-state index >= 15 is 0 Å². The van der Waals surface area contributed by atoms with Crippen LogP contribution < -0.4 is 14.4 Å². The van der Waals surface area contributed by atoms with E-state index in [0.717, 1.165) is 43.0 Å². The highest BCUT2D eigenvalue weighted by atomic mass is 16.5. The van der Waals surface area contributed by atoms with Gasteiger partial charge in [0.05, 0.1) is 12.6 Å². The number of nitrogens with zero attached hydrogens (tertiary/aromatic N) is 1. The Balaban J connectivity index is 1.54. The predicted octanol–water partition coefficient (Wildman–Crippen LogP) is 5.60. The van der Waals surface area contributed by atoms with Crippen LogP contribution in [0.1, 0.15) is 58.4 Å². The topological polar surface area (TPSA) is 38.8 Å². The molecule has 0 bridgehead atoms. The Kier molecular flexibility index (Phi) is 7.18. The minimum absolute atomic E-state index is 0.0476. The Labute approximate surface area is 174 Å². The van der Waals surface area contributed by atoms with Gasteiger partial charge in [-0.05, 0) is 62.2 Å². The lowest BCUT2D eigenvalue weighted by Gasteiger charge is -2.20. The number of Topliss-reactive ketones (excluding diaryl/α,β-unsaturated/α-hetero) is 1. The van der Waals surface area contributed by atoms with Gasteiger partial charge < -0.3 is 14.4 Å². The van der Waals surface area contributed by atoms with Crippen LogP contribution in [0.5, 0.6) is 11.5 Å². The highest BCUT2D eigenvalue weighted by Gasteiger charge is 2.24. The van der Waals surface area contributed by atoms with Gasteiger partial charge in [0.25, 0.3) is 0 Å². The Hall–Kier alpha value is -2.49. The van der Waals surface area contributed by atoms with E-state index in [1.54, 1.807) is 0 Å². The first-order valence-corrected chi connectivity index (χ1v) is 10.8. The molecule has 2 aromatic carbocycles. The molecule has 1 aliphatic rings. The first-order valence-electron chi connectivity index (χ1n) is 10.8. The van der Waals surface area contributed by atoms with Gasteiger partial charge in [0, 0.05) is 31.0 Å². The quantitative estimate of drug-likeness (QED) is 0.554. The third-order valence-corrected chi connectivity index (χ3v) is 5.38. The molecule has 0 radical (unpaired) electrons. The van der Waals surface area contributed by atoms with Crippen LogP contribution in [0.2, 0.25) is 0 Å². The van der Waals surface area contributed by atoms with Crippen LogP contribution in [-0.2, 0) is 4.79 Å². The number of rotatable bonds is 9. The van der Waals surface area contributed by atoms with Crippen LogP contribution in [0, 0.1) is 0 Å². The number of anilines is 1. The van der Waals surface area contributed by atoms with Crippen LogP contribution in [0.3, 0.4) is 0 Å². The SMILES string of the molecule is CCCC(=O)C(C)c1ccc(O[C@@H]2CCN(c3ccc(OC(C)C)cc3)C2)cc1. The van der Waals surface area contributed by atoms with Crippen molar-refractivity contribution in [2.75, 3.05) is 18.0 Å². The normalized spacial score (nSPS) is 17.4. The zero-order valence-electron chi connectivity index (χ0n) is 18.1. The molecule has 0 amide bonds. The van der Waals surface area contributed by atoms with Crippen LogP contribution in [0.25, 0.3) is 0 Å². The number of carbonyl (C=O) groups is 1. The lowest BCUT2D eigenvalue weighted by atomic mass is 9.94. The molecule has 0 spiro atoms. The fraction of sp³-hybridized carbons (Fsp3) is 0.480. The minimum Gasteiger partial charge on any atom is -0.491 e. The molecule has 0 N–H and O–H groups in total. The molecular weight excluding hydrogens is 362 g/mol. The molecule has 156 valence electrons. The average molecular weight is 396 g/mol. The van der Waals surface area contributed by atoms with Gasteiger partial charge in [-0.15, -0.1) is 0 Å². The molecule has 1 unspecified atom stereocenters. The zero-order valence-corrected chi connectivity index (χ0v) is 18.1. The van der Waals surface area contributed by atoms with Crippen molar-refractivity contribution in [3.63, 3.8) is 0 Å². The molecule has 1 saturated heterocycles. The molecule has 4 heteroatoms. The van der Waals surface area contributed by atoms with Crippen molar-refractivity contribution >= 4 is 11.5 Å². The first-order chi connectivity index (χ1) is 14.0. The summed E-state index contributed by atoms with van der Waals surface area (Å²) in [7, 11) is 0. The third-order valence-electron chi connectivity index (χ3n) is 5.38. The molecular formula is C25H33NO3. The van der Waals surface area contributed by atoms with Crippen molar-refractivity contribution in [3.8, 4) is 11.5 Å². The van der Waals surface area contributed by atoms with Crippen molar-refractivity contribution in [1.82, 2.24) is 0 Å². The van der Waals surface area contributed by atoms with E-state index in [4.69, 9.17) is 9.47 Å². The van der Waals surface area contributed by atoms with Gasteiger partial charge in [0.2, 0.25) is 0 Å². The third kappa shape index (κ3) is 5.75. The van der Waals surface area contributed by atoms with Gasteiger partial charge >= 0.3 is 0 Å². The summed E-state index contributed by atoms with van der Waals surface area (Å²) in [6.07, 6.45) is 2.89. The standard InChI is InChI=1S/C25H33NO3/c1-5-6-25(27)19(4)20-7-11-23(12-8-20)29-24-15-16-26(17-24)21-9-13-22(14-10-21)28-18(2)3/h7-14,18-19,24H,5-6,15-17H2,1-4H3/t19?,24-/m1/s1. The number of ether oxygens (including phenoxy) is 2.